The minimum absolute atomic E-state index is 0.0450. The van der Waals surface area contributed by atoms with E-state index in [0.717, 1.165) is 19.2 Å². The largest absolute Gasteiger partial charge is 0.467 e. The van der Waals surface area contributed by atoms with E-state index in [1.807, 2.05) is 6.92 Å². The van der Waals surface area contributed by atoms with Crippen molar-refractivity contribution < 1.29 is 42.5 Å². The fourth-order valence-electron chi connectivity index (χ4n) is 3.25. The Morgan fingerprint density at radius 1 is 0.775 bits per heavy atom. The van der Waals surface area contributed by atoms with Gasteiger partial charge in [-0.05, 0) is 37.8 Å². The van der Waals surface area contributed by atoms with E-state index in [1.165, 1.54) is 26.2 Å². The summed E-state index contributed by atoms with van der Waals surface area (Å²) in [6.45, 7) is 8.47. The van der Waals surface area contributed by atoms with Gasteiger partial charge in [-0.15, -0.1) is 0 Å². The molecule has 3 unspecified atom stereocenters. The van der Waals surface area contributed by atoms with Crippen LogP contribution in [0.4, 0.5) is 8.78 Å². The van der Waals surface area contributed by atoms with Gasteiger partial charge in [-0.25, -0.2) is 28.3 Å². The predicted octanol–water partition coefficient (Wildman–Crippen LogP) is 2.15. The number of hydrogen-bond acceptors (Lipinski definition) is 9. The topological polar surface area (TPSA) is 157 Å². The van der Waals surface area contributed by atoms with Crippen LogP contribution in [-0.4, -0.2) is 71.2 Å². The minimum atomic E-state index is -1.23. The highest BCUT2D eigenvalue weighted by atomic mass is 19.1. The van der Waals surface area contributed by atoms with Gasteiger partial charge in [0.15, 0.2) is 6.04 Å². The maximum atomic E-state index is 13.4. The Balaban J connectivity index is 0.000000400. The monoisotopic (exact) mass is 566 g/mol. The third-order valence-corrected chi connectivity index (χ3v) is 5.51. The lowest BCUT2D eigenvalue weighted by atomic mass is 10.0. The van der Waals surface area contributed by atoms with Crippen LogP contribution in [0.5, 0.6) is 0 Å². The first-order valence-electron chi connectivity index (χ1n) is 12.6. The molecule has 0 saturated heterocycles. The van der Waals surface area contributed by atoms with E-state index in [9.17, 15) is 33.1 Å². The van der Waals surface area contributed by atoms with Crippen LogP contribution >= 0.6 is 0 Å². The van der Waals surface area contributed by atoms with Gasteiger partial charge < -0.3 is 25.2 Å². The summed E-state index contributed by atoms with van der Waals surface area (Å²) < 4.78 is 35.8. The van der Waals surface area contributed by atoms with Crippen molar-refractivity contribution in [2.24, 2.45) is 5.92 Å². The van der Waals surface area contributed by atoms with E-state index in [0.29, 0.717) is 24.2 Å². The van der Waals surface area contributed by atoms with Crippen LogP contribution in [0, 0.1) is 17.6 Å². The summed E-state index contributed by atoms with van der Waals surface area (Å²) in [7, 11) is 2.39. The molecule has 0 bridgehead atoms. The Morgan fingerprint density at radius 3 is 1.48 bits per heavy atom. The smallest absolute Gasteiger partial charge is 0.331 e. The lowest BCUT2D eigenvalue weighted by Gasteiger charge is -2.19. The normalized spacial score (nSPS) is 12.8. The molecule has 11 nitrogen and oxygen atoms in total. The summed E-state index contributed by atoms with van der Waals surface area (Å²) in [4.78, 5) is 55.0. The molecular formula is C27H36F2N4O7. The Morgan fingerprint density at radius 2 is 1.15 bits per heavy atom. The molecule has 13 heteroatoms. The number of methoxy groups -OCH3 is 2. The number of carbonyl (C=O) groups excluding carboxylic acids is 4. The van der Waals surface area contributed by atoms with Gasteiger partial charge in [0.25, 0.3) is 11.8 Å². The Bertz CT molecular complexity index is 1100. The fourth-order valence-corrected chi connectivity index (χ4v) is 3.25. The molecule has 3 atom stereocenters. The molecule has 0 fully saturated rings. The predicted molar refractivity (Wildman–Crippen MR) is 140 cm³/mol. The summed E-state index contributed by atoms with van der Waals surface area (Å²) in [5.74, 6) is -3.94. The Hall–Kier alpha value is -4.00. The van der Waals surface area contributed by atoms with E-state index in [-0.39, 0.29) is 17.3 Å². The number of hydrogen-bond donors (Lipinski definition) is 3. The number of ether oxygens (including phenoxy) is 2. The van der Waals surface area contributed by atoms with Gasteiger partial charge in [0.1, 0.15) is 29.1 Å². The fraction of sp³-hybridized carbons (Fsp3) is 0.481. The molecule has 2 amide bonds. The number of pyridine rings is 2. The molecule has 0 aliphatic heterocycles. The number of aromatic nitrogens is 2. The zero-order chi connectivity index (χ0) is 30.6. The van der Waals surface area contributed by atoms with Crippen LogP contribution < -0.4 is 10.6 Å². The average Bonchev–Trinajstić information content (AvgIpc) is 2.92. The van der Waals surface area contributed by atoms with Gasteiger partial charge in [0.05, 0.1) is 20.3 Å². The molecule has 0 spiro atoms. The molecular weight excluding hydrogens is 530 g/mol. The maximum absolute atomic E-state index is 13.4. The van der Waals surface area contributed by atoms with Crippen molar-refractivity contribution in [1.29, 1.82) is 0 Å². The number of aryl methyl sites for hydroxylation is 2. The van der Waals surface area contributed by atoms with Gasteiger partial charge in [-0.2, -0.15) is 0 Å². The van der Waals surface area contributed by atoms with Gasteiger partial charge in [-0.3, -0.25) is 9.59 Å². The van der Waals surface area contributed by atoms with Gasteiger partial charge in [0, 0.05) is 23.5 Å². The first-order valence-corrected chi connectivity index (χ1v) is 12.6. The molecule has 2 rings (SSSR count). The second-order valence-corrected chi connectivity index (χ2v) is 8.96. The SMILES string of the molecule is CCc1cc(F)cc(C(=O)NC(C(=O)OC)C(C)C)n1.CCc1cc(F)cc(C(=O)NC(C(=O)OC)C(C)O)n1. The van der Waals surface area contributed by atoms with E-state index in [4.69, 9.17) is 0 Å². The second-order valence-electron chi connectivity index (χ2n) is 8.96. The van der Waals surface area contributed by atoms with Crippen molar-refractivity contribution in [1.82, 2.24) is 20.6 Å². The van der Waals surface area contributed by atoms with Crippen LogP contribution in [0.25, 0.3) is 0 Å². The lowest BCUT2D eigenvalue weighted by molar-refractivity contribution is -0.145. The van der Waals surface area contributed by atoms with E-state index >= 15 is 0 Å². The highest BCUT2D eigenvalue weighted by Crippen LogP contribution is 2.09. The van der Waals surface area contributed by atoms with Crippen molar-refractivity contribution in [3.05, 3.63) is 58.7 Å². The van der Waals surface area contributed by atoms with Crippen molar-refractivity contribution >= 4 is 23.8 Å². The van der Waals surface area contributed by atoms with Crippen molar-refractivity contribution in [2.75, 3.05) is 14.2 Å². The third kappa shape index (κ3) is 10.3. The first kappa shape index (κ1) is 34.0. The van der Waals surface area contributed by atoms with Gasteiger partial charge in [-0.1, -0.05) is 27.7 Å². The van der Waals surface area contributed by atoms with E-state index < -0.39 is 53.6 Å². The summed E-state index contributed by atoms with van der Waals surface area (Å²) in [6, 6.07) is 2.49. The van der Waals surface area contributed by atoms with E-state index in [2.05, 4.69) is 30.1 Å². The number of esters is 2. The second kappa shape index (κ2) is 16.2. The molecule has 2 heterocycles. The maximum Gasteiger partial charge on any atom is 0.331 e. The van der Waals surface area contributed by atoms with Crippen molar-refractivity contribution in [2.45, 2.75) is 65.6 Å². The number of rotatable bonds is 10. The number of aliphatic hydroxyl groups is 1. The Kier molecular flexibility index (Phi) is 13.8. The number of halogens is 2. The average molecular weight is 567 g/mol. The highest BCUT2D eigenvalue weighted by molar-refractivity contribution is 5.96. The van der Waals surface area contributed by atoms with Crippen LogP contribution in [0.2, 0.25) is 0 Å². The number of carbonyl (C=O) groups is 4. The summed E-state index contributed by atoms with van der Waals surface area (Å²) in [5.41, 5.74) is 0.698. The summed E-state index contributed by atoms with van der Waals surface area (Å²) >= 11 is 0. The molecule has 220 valence electrons. The van der Waals surface area contributed by atoms with E-state index in [1.54, 1.807) is 20.8 Å². The lowest BCUT2D eigenvalue weighted by Crippen LogP contribution is -2.48. The molecule has 0 saturated carbocycles. The molecule has 2 aromatic rings. The van der Waals surface area contributed by atoms with Crippen LogP contribution in [-0.2, 0) is 31.9 Å². The standard InChI is InChI=1S/C14H19FN2O3.C13H17FN2O4/c1-5-10-6-9(15)7-11(16-10)13(18)17-12(8(2)3)14(19)20-4;1-4-9-5-8(14)6-10(15-9)12(18)16-11(7(2)17)13(19)20-3/h6-8,12H,5H2,1-4H3,(H,17,18);5-7,11,17H,4H2,1-3H3,(H,16,18). The van der Waals surface area contributed by atoms with Gasteiger partial charge >= 0.3 is 11.9 Å². The van der Waals surface area contributed by atoms with Crippen LogP contribution in [0.15, 0.2) is 24.3 Å². The van der Waals surface area contributed by atoms with Crippen LogP contribution in [0.1, 0.15) is 67.0 Å². The Labute approximate surface area is 231 Å². The molecule has 2 aromatic heterocycles. The molecule has 0 aliphatic rings. The van der Waals surface area contributed by atoms with Crippen molar-refractivity contribution in [3.63, 3.8) is 0 Å². The number of nitrogens with one attached hydrogen (secondary N) is 2. The summed E-state index contributed by atoms with van der Waals surface area (Å²) in [5, 5.41) is 14.2. The molecule has 0 aliphatic carbocycles. The number of amides is 2. The van der Waals surface area contributed by atoms with Crippen LogP contribution in [0.3, 0.4) is 0 Å². The van der Waals surface area contributed by atoms with Crippen molar-refractivity contribution in [3.8, 4) is 0 Å². The van der Waals surface area contributed by atoms with Gasteiger partial charge in [0.2, 0.25) is 0 Å². The molecule has 3 N–H and O–H groups in total. The summed E-state index contributed by atoms with van der Waals surface area (Å²) in [6.07, 6.45) is -0.164. The quantitative estimate of drug-likeness (QED) is 0.367. The minimum Gasteiger partial charge on any atom is -0.467 e. The molecule has 40 heavy (non-hydrogen) atoms. The number of aliphatic hydroxyl groups excluding tert-OH is 1. The zero-order valence-electron chi connectivity index (χ0n) is 23.6. The number of nitrogens with zero attached hydrogens (tertiary/aromatic N) is 2. The zero-order valence-corrected chi connectivity index (χ0v) is 23.6. The third-order valence-electron chi connectivity index (χ3n) is 5.51. The molecule has 0 aromatic carbocycles. The molecule has 0 radical (unpaired) electrons. The highest BCUT2D eigenvalue weighted by Gasteiger charge is 2.28. The first-order chi connectivity index (χ1) is 18.8.